The number of anilines is 1. The van der Waals surface area contributed by atoms with E-state index in [1.165, 1.54) is 12.3 Å². The second kappa shape index (κ2) is 7.08. The molecule has 3 rings (SSSR count). The molecule has 1 aliphatic heterocycles. The van der Waals surface area contributed by atoms with Crippen molar-refractivity contribution in [1.29, 1.82) is 0 Å². The summed E-state index contributed by atoms with van der Waals surface area (Å²) < 4.78 is 0. The summed E-state index contributed by atoms with van der Waals surface area (Å²) in [7, 11) is 0. The van der Waals surface area contributed by atoms with E-state index in [0.29, 0.717) is 25.3 Å². The number of nitrogens with one attached hydrogen (secondary N) is 1. The molecular weight excluding hydrogens is 308 g/mol. The first kappa shape index (κ1) is 15.9. The van der Waals surface area contributed by atoms with Crippen molar-refractivity contribution >= 4 is 17.4 Å². The summed E-state index contributed by atoms with van der Waals surface area (Å²) in [6.45, 7) is 2.03. The van der Waals surface area contributed by atoms with Gasteiger partial charge in [-0.3, -0.25) is 14.9 Å². The maximum absolute atomic E-state index is 11.7. The van der Waals surface area contributed by atoms with Crippen molar-refractivity contribution in [2.75, 3.05) is 11.9 Å². The third-order valence-corrected chi connectivity index (χ3v) is 3.97. The number of carbonyl (C=O) groups excluding carboxylic acids is 1. The van der Waals surface area contributed by atoms with Gasteiger partial charge >= 0.3 is 0 Å². The van der Waals surface area contributed by atoms with Crippen LogP contribution < -0.4 is 5.32 Å². The molecule has 2 aromatic rings. The quantitative estimate of drug-likeness (QED) is 0.651. The number of likely N-dealkylation sites (tertiary alicyclic amines) is 1. The first-order valence-electron chi connectivity index (χ1n) is 7.82. The van der Waals surface area contributed by atoms with Crippen LogP contribution in [0.5, 0.6) is 0 Å². The zero-order valence-electron chi connectivity index (χ0n) is 13.1. The van der Waals surface area contributed by atoms with Crippen molar-refractivity contribution in [3.8, 4) is 0 Å². The van der Waals surface area contributed by atoms with E-state index in [0.717, 1.165) is 24.1 Å². The topological polar surface area (TPSA) is 88.4 Å². The Morgan fingerprint density at radius 1 is 1.25 bits per heavy atom. The minimum atomic E-state index is -0.472. The van der Waals surface area contributed by atoms with Crippen molar-refractivity contribution < 1.29 is 9.72 Å². The molecule has 0 saturated carbocycles. The number of hydrogen-bond donors (Lipinski definition) is 1. The van der Waals surface area contributed by atoms with E-state index in [1.54, 1.807) is 6.07 Å². The van der Waals surface area contributed by atoms with Gasteiger partial charge in [-0.05, 0) is 23.6 Å². The first-order chi connectivity index (χ1) is 11.6. The van der Waals surface area contributed by atoms with Gasteiger partial charge in [0.15, 0.2) is 0 Å². The molecule has 0 radical (unpaired) electrons. The Labute approximate surface area is 139 Å². The van der Waals surface area contributed by atoms with Gasteiger partial charge in [0.05, 0.1) is 4.92 Å². The smallest absolute Gasteiger partial charge is 0.287 e. The Bertz CT molecular complexity index is 746. The molecule has 124 valence electrons. The fourth-order valence-electron chi connectivity index (χ4n) is 2.72. The summed E-state index contributed by atoms with van der Waals surface area (Å²) in [5.74, 6) is 0.800. The largest absolute Gasteiger partial charge is 0.366 e. The molecule has 1 aliphatic rings. The van der Waals surface area contributed by atoms with Crippen molar-refractivity contribution in [3.63, 3.8) is 0 Å². The lowest BCUT2D eigenvalue weighted by Crippen LogP contribution is -2.23. The molecule has 24 heavy (non-hydrogen) atoms. The zero-order chi connectivity index (χ0) is 16.9. The predicted octanol–water partition coefficient (Wildman–Crippen LogP) is 2.72. The molecule has 2 heterocycles. The molecule has 1 saturated heterocycles. The lowest BCUT2D eigenvalue weighted by Gasteiger charge is -2.16. The molecule has 7 heteroatoms. The van der Waals surface area contributed by atoms with Crippen molar-refractivity contribution in [2.45, 2.75) is 25.9 Å². The van der Waals surface area contributed by atoms with Crippen LogP contribution in [0.1, 0.15) is 24.0 Å². The molecule has 7 nitrogen and oxygen atoms in total. The molecule has 0 bridgehead atoms. The van der Waals surface area contributed by atoms with Gasteiger partial charge in [0.1, 0.15) is 12.0 Å². The second-order valence-electron chi connectivity index (χ2n) is 5.75. The highest BCUT2D eigenvalue weighted by atomic mass is 16.6. The highest BCUT2D eigenvalue weighted by Gasteiger charge is 2.19. The first-order valence-corrected chi connectivity index (χ1v) is 7.82. The fourth-order valence-corrected chi connectivity index (χ4v) is 2.72. The molecule has 0 spiro atoms. The maximum atomic E-state index is 11.7. The van der Waals surface area contributed by atoms with Gasteiger partial charge in [-0.1, -0.05) is 24.3 Å². The second-order valence-corrected chi connectivity index (χ2v) is 5.75. The number of hydrogen-bond acceptors (Lipinski definition) is 5. The van der Waals surface area contributed by atoms with E-state index >= 15 is 0 Å². The zero-order valence-corrected chi connectivity index (χ0v) is 13.1. The Morgan fingerprint density at radius 2 is 2.08 bits per heavy atom. The van der Waals surface area contributed by atoms with Crippen molar-refractivity contribution in [3.05, 3.63) is 63.8 Å². The van der Waals surface area contributed by atoms with Crippen LogP contribution in [0.4, 0.5) is 11.5 Å². The third-order valence-electron chi connectivity index (χ3n) is 3.97. The van der Waals surface area contributed by atoms with Crippen LogP contribution in [-0.2, 0) is 17.9 Å². The predicted molar refractivity (Wildman–Crippen MR) is 89.3 cm³/mol. The monoisotopic (exact) mass is 326 g/mol. The lowest BCUT2D eigenvalue weighted by atomic mass is 10.1. The molecule has 1 amide bonds. The van der Waals surface area contributed by atoms with Gasteiger partial charge in [-0.25, -0.2) is 4.98 Å². The standard InChI is InChI=1S/C17H18N4O3/c22-17-5-2-8-20(17)12-14-4-1-3-13(9-14)10-18-16-7-6-15(11-19-16)21(23)24/h1,3-4,6-7,9,11H,2,5,8,10,12H2,(H,18,19). The third kappa shape index (κ3) is 3.87. The van der Waals surface area contributed by atoms with Crippen LogP contribution in [0.3, 0.4) is 0 Å². The molecule has 0 unspecified atom stereocenters. The SMILES string of the molecule is O=C1CCCN1Cc1cccc(CNc2ccc([N+](=O)[O-])cn2)c1. The number of pyridine rings is 1. The van der Waals surface area contributed by atoms with E-state index < -0.39 is 4.92 Å². The van der Waals surface area contributed by atoms with E-state index in [1.807, 2.05) is 23.1 Å². The molecule has 1 aromatic heterocycles. The van der Waals surface area contributed by atoms with Crippen molar-refractivity contribution in [2.24, 2.45) is 0 Å². The van der Waals surface area contributed by atoms with Crippen LogP contribution in [0.2, 0.25) is 0 Å². The Balaban J connectivity index is 1.60. The van der Waals surface area contributed by atoms with Crippen molar-refractivity contribution in [1.82, 2.24) is 9.88 Å². The van der Waals surface area contributed by atoms with Gasteiger partial charge in [0, 0.05) is 32.1 Å². The average Bonchev–Trinajstić information content (AvgIpc) is 2.98. The summed E-state index contributed by atoms with van der Waals surface area (Å²) in [4.78, 5) is 27.8. The fraction of sp³-hybridized carbons (Fsp3) is 0.294. The van der Waals surface area contributed by atoms with Gasteiger partial charge in [0.2, 0.25) is 5.91 Å². The Hall–Kier alpha value is -2.96. The minimum Gasteiger partial charge on any atom is -0.366 e. The number of aromatic nitrogens is 1. The van der Waals surface area contributed by atoms with Gasteiger partial charge in [0.25, 0.3) is 5.69 Å². The Morgan fingerprint density at radius 3 is 2.75 bits per heavy atom. The highest BCUT2D eigenvalue weighted by Crippen LogP contribution is 2.16. The van der Waals surface area contributed by atoms with Crippen LogP contribution >= 0.6 is 0 Å². The summed E-state index contributed by atoms with van der Waals surface area (Å²) in [5.41, 5.74) is 2.14. The van der Waals surface area contributed by atoms with E-state index in [4.69, 9.17) is 0 Å². The summed E-state index contributed by atoms with van der Waals surface area (Å²) in [6, 6.07) is 11.0. The molecule has 1 N–H and O–H groups in total. The number of nitrogens with zero attached hydrogens (tertiary/aromatic N) is 3. The lowest BCUT2D eigenvalue weighted by molar-refractivity contribution is -0.385. The Kier molecular flexibility index (Phi) is 4.69. The molecule has 0 aliphatic carbocycles. The molecule has 1 aromatic carbocycles. The number of benzene rings is 1. The van der Waals surface area contributed by atoms with Crippen LogP contribution in [0, 0.1) is 10.1 Å². The number of carbonyl (C=O) groups is 1. The van der Waals surface area contributed by atoms with Crippen LogP contribution in [-0.4, -0.2) is 27.3 Å². The van der Waals surface area contributed by atoms with Crippen LogP contribution in [0.25, 0.3) is 0 Å². The molecular formula is C17H18N4O3. The minimum absolute atomic E-state index is 0.0298. The van der Waals surface area contributed by atoms with E-state index in [2.05, 4.69) is 16.4 Å². The average molecular weight is 326 g/mol. The van der Waals surface area contributed by atoms with Gasteiger partial charge < -0.3 is 10.2 Å². The van der Waals surface area contributed by atoms with Gasteiger partial charge in [-0.15, -0.1) is 0 Å². The molecule has 0 atom stereocenters. The summed E-state index contributed by atoms with van der Waals surface area (Å²) in [5, 5.41) is 13.8. The number of rotatable bonds is 6. The van der Waals surface area contributed by atoms with E-state index in [9.17, 15) is 14.9 Å². The van der Waals surface area contributed by atoms with Crippen LogP contribution in [0.15, 0.2) is 42.6 Å². The van der Waals surface area contributed by atoms with Gasteiger partial charge in [-0.2, -0.15) is 0 Å². The number of nitro groups is 1. The van der Waals surface area contributed by atoms with E-state index in [-0.39, 0.29) is 11.6 Å². The maximum Gasteiger partial charge on any atom is 0.287 e. The normalized spacial score (nSPS) is 14.0. The number of amides is 1. The molecule has 1 fully saturated rings. The summed E-state index contributed by atoms with van der Waals surface area (Å²) >= 11 is 0. The summed E-state index contributed by atoms with van der Waals surface area (Å²) in [6.07, 6.45) is 2.82. The highest BCUT2D eigenvalue weighted by molar-refractivity contribution is 5.78.